The van der Waals surface area contributed by atoms with Gasteiger partial charge in [-0.05, 0) is 29.1 Å². The van der Waals surface area contributed by atoms with Crippen LogP contribution in [-0.2, 0) is 4.74 Å². The number of anilines is 1. The lowest BCUT2D eigenvalue weighted by Gasteiger charge is -2.34. The molecule has 1 saturated heterocycles. The molecule has 1 atom stereocenters. The first-order chi connectivity index (χ1) is 11.2. The molecule has 1 aromatic carbocycles. The molecule has 0 radical (unpaired) electrons. The van der Waals surface area contributed by atoms with Gasteiger partial charge in [0, 0.05) is 13.1 Å². The Morgan fingerprint density at radius 3 is 2.96 bits per heavy atom. The van der Waals surface area contributed by atoms with Gasteiger partial charge in [0.05, 0.1) is 22.0 Å². The highest BCUT2D eigenvalue weighted by atomic mass is 35.5. The summed E-state index contributed by atoms with van der Waals surface area (Å²) in [4.78, 5) is 12.0. The average Bonchev–Trinajstić information content (AvgIpc) is 3.06. The van der Waals surface area contributed by atoms with Crippen molar-refractivity contribution < 1.29 is 4.74 Å². The van der Waals surface area contributed by atoms with Crippen LogP contribution in [0.5, 0.6) is 0 Å². The number of thiophene rings is 1. The first kappa shape index (κ1) is 15.1. The largest absolute Gasteiger partial charge is 0.370 e. The molecular weight excluding hydrogens is 353 g/mol. The molecule has 0 amide bonds. The topological polar surface area (TPSA) is 38.2 Å². The molecule has 4 nitrogen and oxygen atoms in total. The Labute approximate surface area is 147 Å². The lowest BCUT2D eigenvalue weighted by Crippen LogP contribution is -2.39. The highest BCUT2D eigenvalue weighted by molar-refractivity contribution is 7.16. The van der Waals surface area contributed by atoms with E-state index in [2.05, 4.69) is 20.9 Å². The van der Waals surface area contributed by atoms with Crippen molar-refractivity contribution in [2.45, 2.75) is 6.10 Å². The van der Waals surface area contributed by atoms with Gasteiger partial charge in [-0.15, -0.1) is 11.3 Å². The van der Waals surface area contributed by atoms with Crippen LogP contribution < -0.4 is 4.90 Å². The Hall–Kier alpha value is -1.40. The normalized spacial score (nSPS) is 18.5. The number of hydrogen-bond acceptors (Lipinski definition) is 5. The van der Waals surface area contributed by atoms with Crippen LogP contribution in [0.4, 0.5) is 5.82 Å². The molecule has 23 heavy (non-hydrogen) atoms. The highest BCUT2D eigenvalue weighted by Gasteiger charge is 2.24. The van der Waals surface area contributed by atoms with Gasteiger partial charge in [-0.2, -0.15) is 0 Å². The maximum Gasteiger partial charge on any atom is 0.140 e. The zero-order valence-electron chi connectivity index (χ0n) is 12.1. The minimum Gasteiger partial charge on any atom is -0.370 e. The zero-order chi connectivity index (χ0) is 15.8. The first-order valence-corrected chi connectivity index (χ1v) is 8.85. The van der Waals surface area contributed by atoms with Gasteiger partial charge in [-0.25, -0.2) is 9.97 Å². The van der Waals surface area contributed by atoms with Gasteiger partial charge in [0.1, 0.15) is 23.1 Å². The highest BCUT2D eigenvalue weighted by Crippen LogP contribution is 2.32. The van der Waals surface area contributed by atoms with Crippen molar-refractivity contribution in [1.29, 1.82) is 0 Å². The van der Waals surface area contributed by atoms with E-state index in [4.69, 9.17) is 27.9 Å². The number of rotatable bonds is 2. The molecule has 4 rings (SSSR count). The van der Waals surface area contributed by atoms with Crippen molar-refractivity contribution in [1.82, 2.24) is 9.97 Å². The molecule has 0 unspecified atom stereocenters. The Bertz CT molecular complexity index is 854. The van der Waals surface area contributed by atoms with Crippen LogP contribution in [0.15, 0.2) is 36.0 Å². The van der Waals surface area contributed by atoms with E-state index in [-0.39, 0.29) is 6.10 Å². The molecule has 0 aliphatic carbocycles. The summed E-state index contributed by atoms with van der Waals surface area (Å²) in [5.41, 5.74) is 1.03. The summed E-state index contributed by atoms with van der Waals surface area (Å²) >= 11 is 13.8. The van der Waals surface area contributed by atoms with Crippen LogP contribution in [0.3, 0.4) is 0 Å². The molecule has 2 aromatic heterocycles. The third-order valence-corrected chi connectivity index (χ3v) is 5.48. The van der Waals surface area contributed by atoms with E-state index >= 15 is 0 Å². The van der Waals surface area contributed by atoms with Crippen molar-refractivity contribution in [3.8, 4) is 0 Å². The minimum absolute atomic E-state index is 0.0535. The number of aromatic nitrogens is 2. The van der Waals surface area contributed by atoms with Crippen molar-refractivity contribution in [2.24, 2.45) is 0 Å². The Morgan fingerprint density at radius 1 is 1.17 bits per heavy atom. The van der Waals surface area contributed by atoms with Gasteiger partial charge in [-0.1, -0.05) is 29.3 Å². The second-order valence-corrected chi connectivity index (χ2v) is 7.02. The second-order valence-electron chi connectivity index (χ2n) is 5.32. The second kappa shape index (κ2) is 6.24. The zero-order valence-corrected chi connectivity index (χ0v) is 14.4. The van der Waals surface area contributed by atoms with Crippen LogP contribution in [0.1, 0.15) is 11.7 Å². The molecule has 1 aliphatic rings. The number of nitrogens with zero attached hydrogens (tertiary/aromatic N) is 3. The number of benzene rings is 1. The lowest BCUT2D eigenvalue weighted by molar-refractivity contribution is 0.0396. The summed E-state index contributed by atoms with van der Waals surface area (Å²) < 4.78 is 5.92. The first-order valence-electron chi connectivity index (χ1n) is 7.22. The molecule has 1 aliphatic heterocycles. The number of halogens is 2. The summed E-state index contributed by atoms with van der Waals surface area (Å²) in [5, 5.41) is 4.23. The van der Waals surface area contributed by atoms with Crippen molar-refractivity contribution in [3.05, 3.63) is 51.6 Å². The van der Waals surface area contributed by atoms with Crippen LogP contribution in [0.2, 0.25) is 10.0 Å². The summed E-state index contributed by atoms with van der Waals surface area (Å²) in [5.74, 6) is 0.963. The van der Waals surface area contributed by atoms with E-state index in [0.717, 1.165) is 34.7 Å². The van der Waals surface area contributed by atoms with E-state index in [1.807, 2.05) is 23.6 Å². The number of hydrogen-bond donors (Lipinski definition) is 0. The predicted molar refractivity (Wildman–Crippen MR) is 94.8 cm³/mol. The van der Waals surface area contributed by atoms with Gasteiger partial charge >= 0.3 is 0 Å². The SMILES string of the molecule is Clc1ccc([C@@H]2CN(c3ncnc4sccc34)CCO2)cc1Cl. The quantitative estimate of drug-likeness (QED) is 0.666. The summed E-state index contributed by atoms with van der Waals surface area (Å²) in [6, 6.07) is 7.71. The predicted octanol–water partition coefficient (Wildman–Crippen LogP) is 4.58. The molecule has 3 heterocycles. The molecule has 3 aromatic rings. The van der Waals surface area contributed by atoms with E-state index in [1.165, 1.54) is 0 Å². The van der Waals surface area contributed by atoms with Crippen molar-refractivity contribution >= 4 is 50.6 Å². The van der Waals surface area contributed by atoms with E-state index < -0.39 is 0 Å². The molecule has 1 fully saturated rings. The third-order valence-electron chi connectivity index (χ3n) is 3.92. The van der Waals surface area contributed by atoms with Crippen molar-refractivity contribution in [2.75, 3.05) is 24.6 Å². The molecule has 0 bridgehead atoms. The number of fused-ring (bicyclic) bond motifs is 1. The van der Waals surface area contributed by atoms with Crippen LogP contribution >= 0.6 is 34.5 Å². The lowest BCUT2D eigenvalue weighted by atomic mass is 10.1. The standard InChI is InChI=1S/C16H13Cl2N3OS/c17-12-2-1-10(7-13(12)18)14-8-21(4-5-22-14)15-11-3-6-23-16(11)20-9-19-15/h1-3,6-7,9,14H,4-5,8H2/t14-/m0/s1. The fraction of sp³-hybridized carbons (Fsp3) is 0.250. The van der Waals surface area contributed by atoms with Gasteiger partial charge in [0.25, 0.3) is 0 Å². The Kier molecular flexibility index (Phi) is 4.11. The molecule has 7 heteroatoms. The van der Waals surface area contributed by atoms with Crippen molar-refractivity contribution in [3.63, 3.8) is 0 Å². The fourth-order valence-corrected chi connectivity index (χ4v) is 3.82. The van der Waals surface area contributed by atoms with Crippen LogP contribution in [0, 0.1) is 0 Å². The third kappa shape index (κ3) is 2.90. The Balaban J connectivity index is 1.64. The van der Waals surface area contributed by atoms with E-state index in [0.29, 0.717) is 16.7 Å². The van der Waals surface area contributed by atoms with Crippen LogP contribution in [-0.4, -0.2) is 29.7 Å². The molecule has 0 spiro atoms. The van der Waals surface area contributed by atoms with Gasteiger partial charge in [-0.3, -0.25) is 0 Å². The summed E-state index contributed by atoms with van der Waals surface area (Å²) in [6.07, 6.45) is 1.57. The van der Waals surface area contributed by atoms with Crippen LogP contribution in [0.25, 0.3) is 10.2 Å². The molecule has 0 saturated carbocycles. The molecule has 0 N–H and O–H groups in total. The maximum absolute atomic E-state index is 6.13. The summed E-state index contributed by atoms with van der Waals surface area (Å²) in [6.45, 7) is 2.17. The molecule has 118 valence electrons. The average molecular weight is 366 g/mol. The van der Waals surface area contributed by atoms with Gasteiger partial charge in [0.15, 0.2) is 0 Å². The van der Waals surface area contributed by atoms with E-state index in [9.17, 15) is 0 Å². The minimum atomic E-state index is -0.0535. The number of morpholine rings is 1. The van der Waals surface area contributed by atoms with Gasteiger partial charge < -0.3 is 9.64 Å². The smallest absolute Gasteiger partial charge is 0.140 e. The maximum atomic E-state index is 6.13. The van der Waals surface area contributed by atoms with Gasteiger partial charge in [0.2, 0.25) is 0 Å². The van der Waals surface area contributed by atoms with E-state index in [1.54, 1.807) is 17.7 Å². The monoisotopic (exact) mass is 365 g/mol. The molecular formula is C16H13Cl2N3OS. The summed E-state index contributed by atoms with van der Waals surface area (Å²) in [7, 11) is 0. The Morgan fingerprint density at radius 2 is 2.09 bits per heavy atom. The fourth-order valence-electron chi connectivity index (χ4n) is 2.78. The number of ether oxygens (including phenoxy) is 1.